The number of nitrogens with zero attached hydrogens (tertiary/aromatic N) is 4. The third kappa shape index (κ3) is 3.03. The summed E-state index contributed by atoms with van der Waals surface area (Å²) in [6, 6.07) is 8.71. The van der Waals surface area contributed by atoms with Crippen molar-refractivity contribution in [1.29, 1.82) is 0 Å². The highest BCUT2D eigenvalue weighted by atomic mass is 16.5. The second-order valence-electron chi connectivity index (χ2n) is 6.71. The van der Waals surface area contributed by atoms with Crippen molar-refractivity contribution in [3.05, 3.63) is 30.5 Å². The van der Waals surface area contributed by atoms with Crippen molar-refractivity contribution < 1.29 is 4.74 Å². The lowest BCUT2D eigenvalue weighted by molar-refractivity contribution is 0.0889. The molecular weight excluding hydrogens is 288 g/mol. The van der Waals surface area contributed by atoms with Crippen LogP contribution in [0.1, 0.15) is 12.8 Å². The van der Waals surface area contributed by atoms with Crippen molar-refractivity contribution >= 4 is 16.9 Å². The molecule has 3 fully saturated rings. The zero-order chi connectivity index (χ0) is 15.6. The third-order valence-electron chi connectivity index (χ3n) is 5.17. The van der Waals surface area contributed by atoms with Gasteiger partial charge in [-0.25, -0.2) is 4.98 Å². The summed E-state index contributed by atoms with van der Waals surface area (Å²) in [5, 5.41) is 0. The lowest BCUT2D eigenvalue weighted by atomic mass is 9.95. The largest absolute Gasteiger partial charge is 0.383 e. The number of rotatable bonds is 4. The number of piperidine rings is 1. The van der Waals surface area contributed by atoms with Gasteiger partial charge in [0.2, 0.25) is 0 Å². The van der Waals surface area contributed by atoms with E-state index in [2.05, 4.69) is 14.8 Å². The quantitative estimate of drug-likeness (QED) is 0.865. The van der Waals surface area contributed by atoms with Gasteiger partial charge in [0.15, 0.2) is 0 Å². The minimum atomic E-state index is 0.608. The molecule has 2 bridgehead atoms. The van der Waals surface area contributed by atoms with Crippen LogP contribution < -0.4 is 4.90 Å². The Morgan fingerprint density at radius 2 is 2.00 bits per heavy atom. The second-order valence-corrected chi connectivity index (χ2v) is 6.71. The van der Waals surface area contributed by atoms with E-state index in [4.69, 9.17) is 9.72 Å². The number of hydrogen-bond donors (Lipinski definition) is 0. The fourth-order valence-corrected chi connectivity index (χ4v) is 3.95. The van der Waals surface area contributed by atoms with E-state index in [1.165, 1.54) is 19.4 Å². The molecule has 0 saturated carbocycles. The van der Waals surface area contributed by atoms with Crippen LogP contribution >= 0.6 is 0 Å². The van der Waals surface area contributed by atoms with E-state index in [0.717, 1.165) is 49.0 Å². The average Bonchev–Trinajstić information content (AvgIpc) is 2.91. The number of methoxy groups -OCH3 is 1. The number of anilines is 1. The average molecular weight is 312 g/mol. The third-order valence-corrected chi connectivity index (χ3v) is 5.17. The van der Waals surface area contributed by atoms with Crippen LogP contribution in [0.4, 0.5) is 5.82 Å². The number of aromatic nitrogens is 2. The highest BCUT2D eigenvalue weighted by molar-refractivity contribution is 5.75. The van der Waals surface area contributed by atoms with Crippen LogP contribution in [-0.4, -0.2) is 60.8 Å². The summed E-state index contributed by atoms with van der Waals surface area (Å²) in [5.41, 5.74) is 1.95. The minimum absolute atomic E-state index is 0.608. The molecule has 1 aromatic carbocycles. The van der Waals surface area contributed by atoms with Gasteiger partial charge in [0.05, 0.1) is 23.8 Å². The van der Waals surface area contributed by atoms with Gasteiger partial charge < -0.3 is 9.64 Å². The molecule has 3 aliphatic heterocycles. The maximum atomic E-state index is 5.28. The van der Waals surface area contributed by atoms with Crippen molar-refractivity contribution in [1.82, 2.24) is 14.9 Å². The molecule has 3 aliphatic rings. The smallest absolute Gasteiger partial charge is 0.147 e. The summed E-state index contributed by atoms with van der Waals surface area (Å²) >= 11 is 0. The van der Waals surface area contributed by atoms with E-state index in [1.807, 2.05) is 30.5 Å². The summed E-state index contributed by atoms with van der Waals surface area (Å²) < 4.78 is 5.28. The standard InChI is InChI=1S/C18H24N4O/c1-23-9-8-21-11-14-6-7-15(21)13-22(12-14)18-10-19-16-4-2-3-5-17(16)20-18/h2-5,10,14-15H,6-9,11-13H2,1H3/t14-,15-/m1/s1. The SMILES string of the molecule is COCCN1C[C@H]2CC[C@@H]1CN(c1cnc3ccccc3n1)C2. The number of fused-ring (bicyclic) bond motifs is 5. The van der Waals surface area contributed by atoms with E-state index >= 15 is 0 Å². The van der Waals surface area contributed by atoms with Crippen LogP contribution in [-0.2, 0) is 4.74 Å². The van der Waals surface area contributed by atoms with E-state index < -0.39 is 0 Å². The molecule has 5 nitrogen and oxygen atoms in total. The highest BCUT2D eigenvalue weighted by Gasteiger charge is 2.35. The Balaban J connectivity index is 1.57. The van der Waals surface area contributed by atoms with Crippen LogP contribution in [0.15, 0.2) is 30.5 Å². The minimum Gasteiger partial charge on any atom is -0.383 e. The zero-order valence-electron chi connectivity index (χ0n) is 13.7. The molecule has 122 valence electrons. The molecule has 5 heteroatoms. The molecule has 0 unspecified atom stereocenters. The molecule has 0 spiro atoms. The maximum absolute atomic E-state index is 5.28. The number of para-hydroxylation sites is 2. The van der Waals surface area contributed by atoms with Gasteiger partial charge in [-0.05, 0) is 30.9 Å². The monoisotopic (exact) mass is 312 g/mol. The molecule has 5 rings (SSSR count). The first-order valence-electron chi connectivity index (χ1n) is 8.53. The molecule has 3 saturated heterocycles. The molecule has 4 heterocycles. The fourth-order valence-electron chi connectivity index (χ4n) is 3.95. The molecular formula is C18H24N4O. The van der Waals surface area contributed by atoms with Crippen molar-refractivity contribution in [2.45, 2.75) is 18.9 Å². The highest BCUT2D eigenvalue weighted by Crippen LogP contribution is 2.30. The van der Waals surface area contributed by atoms with Crippen molar-refractivity contribution in [3.8, 4) is 0 Å². The van der Waals surface area contributed by atoms with Crippen molar-refractivity contribution in [3.63, 3.8) is 0 Å². The van der Waals surface area contributed by atoms with Crippen LogP contribution in [0.25, 0.3) is 11.0 Å². The van der Waals surface area contributed by atoms with Crippen molar-refractivity contribution in [2.75, 3.05) is 44.8 Å². The van der Waals surface area contributed by atoms with Gasteiger partial charge in [-0.1, -0.05) is 12.1 Å². The van der Waals surface area contributed by atoms with Gasteiger partial charge in [0.25, 0.3) is 0 Å². The Morgan fingerprint density at radius 3 is 2.87 bits per heavy atom. The summed E-state index contributed by atoms with van der Waals surface area (Å²) in [6.07, 6.45) is 4.55. The topological polar surface area (TPSA) is 41.5 Å². The first kappa shape index (κ1) is 14.8. The van der Waals surface area contributed by atoms with Crippen molar-refractivity contribution in [2.24, 2.45) is 5.92 Å². The number of benzene rings is 1. The molecule has 2 atom stereocenters. The van der Waals surface area contributed by atoms with Gasteiger partial charge in [0.1, 0.15) is 5.82 Å². The predicted molar refractivity (Wildman–Crippen MR) is 91.7 cm³/mol. The Morgan fingerprint density at radius 1 is 1.13 bits per heavy atom. The molecule has 0 radical (unpaired) electrons. The summed E-state index contributed by atoms with van der Waals surface area (Å²) in [7, 11) is 1.78. The van der Waals surface area contributed by atoms with E-state index in [0.29, 0.717) is 6.04 Å². The molecule has 2 aromatic rings. The fraction of sp³-hybridized carbons (Fsp3) is 0.556. The van der Waals surface area contributed by atoms with Gasteiger partial charge in [-0.2, -0.15) is 0 Å². The molecule has 0 amide bonds. The second kappa shape index (κ2) is 6.42. The Labute approximate surface area is 137 Å². The molecule has 1 aromatic heterocycles. The Bertz CT molecular complexity index is 677. The lowest BCUT2D eigenvalue weighted by Crippen LogP contribution is -2.45. The summed E-state index contributed by atoms with van der Waals surface area (Å²) in [4.78, 5) is 14.5. The van der Waals surface area contributed by atoms with E-state index in [-0.39, 0.29) is 0 Å². The van der Waals surface area contributed by atoms with Gasteiger partial charge >= 0.3 is 0 Å². The molecule has 0 aliphatic carbocycles. The predicted octanol–water partition coefficient (Wildman–Crippen LogP) is 2.18. The van der Waals surface area contributed by atoms with Crippen LogP contribution in [0.5, 0.6) is 0 Å². The molecule has 23 heavy (non-hydrogen) atoms. The van der Waals surface area contributed by atoms with Crippen LogP contribution in [0.2, 0.25) is 0 Å². The van der Waals surface area contributed by atoms with Gasteiger partial charge in [-0.3, -0.25) is 9.88 Å². The van der Waals surface area contributed by atoms with Crippen LogP contribution in [0, 0.1) is 5.92 Å². The number of ether oxygens (including phenoxy) is 1. The first-order chi connectivity index (χ1) is 11.3. The Kier molecular flexibility index (Phi) is 4.14. The molecule has 0 N–H and O–H groups in total. The van der Waals surface area contributed by atoms with Gasteiger partial charge in [0, 0.05) is 39.3 Å². The van der Waals surface area contributed by atoms with E-state index in [9.17, 15) is 0 Å². The zero-order valence-corrected chi connectivity index (χ0v) is 13.7. The Hall–Kier alpha value is -1.72. The van der Waals surface area contributed by atoms with E-state index in [1.54, 1.807) is 7.11 Å². The van der Waals surface area contributed by atoms with Gasteiger partial charge in [-0.15, -0.1) is 0 Å². The first-order valence-corrected chi connectivity index (χ1v) is 8.53. The number of hydrogen-bond acceptors (Lipinski definition) is 5. The van der Waals surface area contributed by atoms with Crippen LogP contribution in [0.3, 0.4) is 0 Å². The maximum Gasteiger partial charge on any atom is 0.147 e. The normalized spacial score (nSPS) is 25.0. The lowest BCUT2D eigenvalue weighted by Gasteiger charge is -2.35. The summed E-state index contributed by atoms with van der Waals surface area (Å²) in [5.74, 6) is 1.74. The summed E-state index contributed by atoms with van der Waals surface area (Å²) in [6.45, 7) is 5.18.